The van der Waals surface area contributed by atoms with Crippen LogP contribution < -0.4 is 4.90 Å². The largest absolute Gasteiger partial charge is 0.369 e. The third kappa shape index (κ3) is 3.65. The van der Waals surface area contributed by atoms with Gasteiger partial charge in [-0.15, -0.1) is 0 Å². The van der Waals surface area contributed by atoms with Gasteiger partial charge in [-0.25, -0.2) is 0 Å². The second-order valence-electron chi connectivity index (χ2n) is 6.92. The Morgan fingerprint density at radius 1 is 1.14 bits per heavy atom. The van der Waals surface area contributed by atoms with Crippen LogP contribution in [0.15, 0.2) is 18.2 Å². The molecule has 0 atom stereocenters. The summed E-state index contributed by atoms with van der Waals surface area (Å²) in [5, 5.41) is 0. The van der Waals surface area contributed by atoms with Crippen LogP contribution in [-0.2, 0) is 4.79 Å². The van der Waals surface area contributed by atoms with Crippen LogP contribution in [0.2, 0.25) is 0 Å². The summed E-state index contributed by atoms with van der Waals surface area (Å²) < 4.78 is 0. The highest BCUT2D eigenvalue weighted by molar-refractivity contribution is 5.81. The Kier molecular flexibility index (Phi) is 4.72. The molecule has 1 aliphatic rings. The molecule has 2 rings (SSSR count). The lowest BCUT2D eigenvalue weighted by atomic mass is 9.88. The third-order valence-electron chi connectivity index (χ3n) is 4.86. The standard InChI is InChI=1S/C18H28N2O/c1-14-7-6-8-17(15(14)2)20-11-9-19(10-12-20)13-18(4,5)16(3)21/h6-8H,9-13H2,1-5H3. The molecule has 0 spiro atoms. The number of ketones is 1. The molecule has 1 saturated heterocycles. The molecule has 3 heteroatoms. The van der Waals surface area contributed by atoms with E-state index in [-0.39, 0.29) is 11.2 Å². The molecule has 0 aliphatic carbocycles. The zero-order valence-electron chi connectivity index (χ0n) is 14.1. The van der Waals surface area contributed by atoms with Crippen molar-refractivity contribution in [3.05, 3.63) is 29.3 Å². The number of nitrogens with zero attached hydrogens (tertiary/aromatic N) is 2. The van der Waals surface area contributed by atoms with Crippen LogP contribution >= 0.6 is 0 Å². The van der Waals surface area contributed by atoms with Crippen LogP contribution in [0.1, 0.15) is 31.9 Å². The van der Waals surface area contributed by atoms with Crippen LogP contribution in [0.3, 0.4) is 0 Å². The highest BCUT2D eigenvalue weighted by atomic mass is 16.1. The molecule has 0 bridgehead atoms. The number of carbonyl (C=O) groups is 1. The molecule has 1 aromatic rings. The third-order valence-corrected chi connectivity index (χ3v) is 4.86. The van der Waals surface area contributed by atoms with E-state index >= 15 is 0 Å². The van der Waals surface area contributed by atoms with Gasteiger partial charge in [-0.2, -0.15) is 0 Å². The van der Waals surface area contributed by atoms with Gasteiger partial charge in [-0.05, 0) is 38.0 Å². The Morgan fingerprint density at radius 2 is 1.76 bits per heavy atom. The number of aryl methyl sites for hydroxylation is 1. The minimum Gasteiger partial charge on any atom is -0.369 e. The number of benzene rings is 1. The molecule has 1 aromatic carbocycles. The van der Waals surface area contributed by atoms with E-state index in [1.54, 1.807) is 6.92 Å². The van der Waals surface area contributed by atoms with E-state index in [0.717, 1.165) is 32.7 Å². The Balaban J connectivity index is 1.98. The average molecular weight is 288 g/mol. The van der Waals surface area contributed by atoms with Gasteiger partial charge in [-0.1, -0.05) is 26.0 Å². The highest BCUT2D eigenvalue weighted by Crippen LogP contribution is 2.25. The Bertz CT molecular complexity index is 514. The summed E-state index contributed by atoms with van der Waals surface area (Å²) in [6.07, 6.45) is 0. The summed E-state index contributed by atoms with van der Waals surface area (Å²) in [7, 11) is 0. The van der Waals surface area contributed by atoms with Crippen LogP contribution in [-0.4, -0.2) is 43.4 Å². The van der Waals surface area contributed by atoms with Gasteiger partial charge in [-0.3, -0.25) is 9.69 Å². The molecular formula is C18H28N2O. The van der Waals surface area contributed by atoms with Crippen molar-refractivity contribution in [2.45, 2.75) is 34.6 Å². The predicted octanol–water partition coefficient (Wildman–Crippen LogP) is 3.04. The molecule has 0 amide bonds. The van der Waals surface area contributed by atoms with E-state index in [4.69, 9.17) is 0 Å². The SMILES string of the molecule is CC(=O)C(C)(C)CN1CCN(c2cccc(C)c2C)CC1. The molecule has 1 aliphatic heterocycles. The first-order chi connectivity index (χ1) is 9.81. The zero-order chi connectivity index (χ0) is 15.6. The van der Waals surface area contributed by atoms with Crippen molar-refractivity contribution in [3.8, 4) is 0 Å². The maximum Gasteiger partial charge on any atom is 0.136 e. The van der Waals surface area contributed by atoms with Gasteiger partial charge in [0.05, 0.1) is 0 Å². The van der Waals surface area contributed by atoms with Gasteiger partial charge < -0.3 is 4.90 Å². The summed E-state index contributed by atoms with van der Waals surface area (Å²) in [6, 6.07) is 6.53. The fourth-order valence-electron chi connectivity index (χ4n) is 2.90. The van der Waals surface area contributed by atoms with E-state index in [1.807, 2.05) is 13.8 Å². The highest BCUT2D eigenvalue weighted by Gasteiger charge is 2.28. The van der Waals surface area contributed by atoms with Gasteiger partial charge in [0.1, 0.15) is 5.78 Å². The maximum absolute atomic E-state index is 11.7. The molecule has 0 unspecified atom stereocenters. The maximum atomic E-state index is 11.7. The van der Waals surface area contributed by atoms with Crippen molar-refractivity contribution < 1.29 is 4.79 Å². The first kappa shape index (κ1) is 16.0. The Labute approximate surface area is 128 Å². The zero-order valence-corrected chi connectivity index (χ0v) is 14.1. The average Bonchev–Trinajstić information content (AvgIpc) is 2.42. The van der Waals surface area contributed by atoms with Crippen molar-refractivity contribution in [3.63, 3.8) is 0 Å². The normalized spacial score (nSPS) is 17.1. The predicted molar refractivity (Wildman–Crippen MR) is 89.0 cm³/mol. The van der Waals surface area contributed by atoms with Crippen LogP contribution in [0.4, 0.5) is 5.69 Å². The number of hydrogen-bond donors (Lipinski definition) is 0. The van der Waals surface area contributed by atoms with Crippen LogP contribution in [0, 0.1) is 19.3 Å². The summed E-state index contributed by atoms with van der Waals surface area (Å²) in [5.74, 6) is 0.277. The molecule has 0 N–H and O–H groups in total. The van der Waals surface area contributed by atoms with E-state index in [9.17, 15) is 4.79 Å². The molecule has 116 valence electrons. The first-order valence-electron chi connectivity index (χ1n) is 7.86. The number of piperazine rings is 1. The molecule has 21 heavy (non-hydrogen) atoms. The second kappa shape index (κ2) is 6.18. The smallest absolute Gasteiger partial charge is 0.136 e. The van der Waals surface area contributed by atoms with Gasteiger partial charge in [0.15, 0.2) is 0 Å². The first-order valence-corrected chi connectivity index (χ1v) is 7.86. The van der Waals surface area contributed by atoms with Crippen molar-refractivity contribution in [1.82, 2.24) is 4.90 Å². The topological polar surface area (TPSA) is 23.6 Å². The quantitative estimate of drug-likeness (QED) is 0.851. The van der Waals surface area contributed by atoms with Gasteiger partial charge in [0.2, 0.25) is 0 Å². The van der Waals surface area contributed by atoms with Crippen molar-refractivity contribution in [2.24, 2.45) is 5.41 Å². The van der Waals surface area contributed by atoms with Crippen molar-refractivity contribution in [1.29, 1.82) is 0 Å². The Morgan fingerprint density at radius 3 is 2.33 bits per heavy atom. The van der Waals surface area contributed by atoms with Crippen LogP contribution in [0.25, 0.3) is 0 Å². The van der Waals surface area contributed by atoms with Gasteiger partial charge in [0.25, 0.3) is 0 Å². The number of carbonyl (C=O) groups excluding carboxylic acids is 1. The summed E-state index contributed by atoms with van der Waals surface area (Å²) in [6.45, 7) is 15.2. The van der Waals surface area contributed by atoms with E-state index in [1.165, 1.54) is 16.8 Å². The molecule has 1 heterocycles. The molecule has 0 saturated carbocycles. The lowest BCUT2D eigenvalue weighted by Crippen LogP contribution is -2.50. The van der Waals surface area contributed by atoms with Crippen LogP contribution in [0.5, 0.6) is 0 Å². The summed E-state index contributed by atoms with van der Waals surface area (Å²) in [5.41, 5.74) is 3.87. The van der Waals surface area contributed by atoms with Crippen molar-refractivity contribution in [2.75, 3.05) is 37.6 Å². The number of rotatable bonds is 4. The second-order valence-corrected chi connectivity index (χ2v) is 6.92. The molecule has 3 nitrogen and oxygen atoms in total. The van der Waals surface area contributed by atoms with Gasteiger partial charge >= 0.3 is 0 Å². The molecule has 0 radical (unpaired) electrons. The lowest BCUT2D eigenvalue weighted by Gasteiger charge is -2.39. The van der Waals surface area contributed by atoms with E-state index in [0.29, 0.717) is 0 Å². The number of anilines is 1. The fraction of sp³-hybridized carbons (Fsp3) is 0.611. The minimum atomic E-state index is -0.235. The molecule has 1 fully saturated rings. The molecular weight excluding hydrogens is 260 g/mol. The monoisotopic (exact) mass is 288 g/mol. The number of hydrogen-bond acceptors (Lipinski definition) is 3. The summed E-state index contributed by atoms with van der Waals surface area (Å²) >= 11 is 0. The number of Topliss-reactive ketones (excluding diaryl/α,β-unsaturated/α-hetero) is 1. The summed E-state index contributed by atoms with van der Waals surface area (Å²) in [4.78, 5) is 16.6. The minimum absolute atomic E-state index is 0.235. The fourth-order valence-corrected chi connectivity index (χ4v) is 2.90. The van der Waals surface area contributed by atoms with Crippen molar-refractivity contribution >= 4 is 11.5 Å². The van der Waals surface area contributed by atoms with E-state index in [2.05, 4.69) is 41.8 Å². The molecule has 0 aromatic heterocycles. The Hall–Kier alpha value is -1.35. The van der Waals surface area contributed by atoms with E-state index < -0.39 is 0 Å². The lowest BCUT2D eigenvalue weighted by molar-refractivity contribution is -0.125. The van der Waals surface area contributed by atoms with Gasteiger partial charge in [0, 0.05) is 43.8 Å².